The van der Waals surface area contributed by atoms with Crippen LogP contribution in [0.4, 0.5) is 0 Å². The SMILES string of the molecule is [Nb].[O]=[Ti]=[O]. The summed E-state index contributed by atoms with van der Waals surface area (Å²) in [5.74, 6) is 0. The maximum atomic E-state index is 8.50. The monoisotopic (exact) mass is 173 g/mol. The van der Waals surface area contributed by atoms with Crippen molar-refractivity contribution in [1.29, 1.82) is 0 Å². The van der Waals surface area contributed by atoms with E-state index in [1.165, 1.54) is 0 Å². The van der Waals surface area contributed by atoms with Crippen LogP contribution < -0.4 is 0 Å². The second-order valence-electron chi connectivity index (χ2n) is 0.0833. The molecule has 0 aliphatic carbocycles. The molecule has 2 nitrogen and oxygen atoms in total. The van der Waals surface area contributed by atoms with E-state index in [9.17, 15) is 0 Å². The molecule has 0 atom stereocenters. The van der Waals surface area contributed by atoms with E-state index < -0.39 is 19.1 Å². The van der Waals surface area contributed by atoms with E-state index in [-0.39, 0.29) is 22.4 Å². The Morgan fingerprint density at radius 3 is 1.25 bits per heavy atom. The molecule has 21 valence electrons. The molecular formula is NbO2Ti. The van der Waals surface area contributed by atoms with E-state index in [0.29, 0.717) is 0 Å². The van der Waals surface area contributed by atoms with E-state index >= 15 is 0 Å². The molecule has 0 aliphatic rings. The zero-order chi connectivity index (χ0) is 2.71. The Morgan fingerprint density at radius 2 is 1.25 bits per heavy atom. The molecule has 0 N–H and O–H groups in total. The van der Waals surface area contributed by atoms with Gasteiger partial charge in [-0.05, 0) is 0 Å². The van der Waals surface area contributed by atoms with Gasteiger partial charge in [0.1, 0.15) is 0 Å². The Balaban J connectivity index is 0. The zero-order valence-corrected chi connectivity index (χ0v) is 5.52. The molecule has 0 spiro atoms. The molecule has 0 fully saturated rings. The first-order chi connectivity index (χ1) is 1.41. The molecule has 0 saturated carbocycles. The van der Waals surface area contributed by atoms with Crippen LogP contribution in [0.1, 0.15) is 0 Å². The van der Waals surface area contributed by atoms with Crippen molar-refractivity contribution in [3.05, 3.63) is 0 Å². The Labute approximate surface area is 48.0 Å². The minimum atomic E-state index is -2.00. The van der Waals surface area contributed by atoms with Crippen LogP contribution in [0.2, 0.25) is 0 Å². The molecule has 0 unspecified atom stereocenters. The molecule has 1 radical (unpaired) electrons. The third kappa shape index (κ3) is 11.6. The van der Waals surface area contributed by atoms with Gasteiger partial charge >= 0.3 is 25.7 Å². The third-order valence-corrected chi connectivity index (χ3v) is 0. The minimum absolute atomic E-state index is 0. The van der Waals surface area contributed by atoms with Gasteiger partial charge in [0.15, 0.2) is 0 Å². The summed E-state index contributed by atoms with van der Waals surface area (Å²) in [6, 6.07) is 0. The number of hydrogen-bond donors (Lipinski definition) is 0. The Kier molecular flexibility index (Phi) is 20.0. The van der Waals surface area contributed by atoms with Crippen molar-refractivity contribution in [3.8, 4) is 0 Å². The second-order valence-corrected chi connectivity index (χ2v) is 0.344. The van der Waals surface area contributed by atoms with Gasteiger partial charge in [0.2, 0.25) is 0 Å². The van der Waals surface area contributed by atoms with Crippen molar-refractivity contribution in [2.45, 2.75) is 0 Å². The first kappa shape index (κ1) is 8.91. The van der Waals surface area contributed by atoms with E-state index in [4.69, 9.17) is 6.65 Å². The fourth-order valence-electron chi connectivity index (χ4n) is 0. The summed E-state index contributed by atoms with van der Waals surface area (Å²) in [6.45, 7) is 0. The fourth-order valence-corrected chi connectivity index (χ4v) is 0. The van der Waals surface area contributed by atoms with Crippen LogP contribution >= 0.6 is 0 Å². The molecule has 0 saturated heterocycles. The summed E-state index contributed by atoms with van der Waals surface area (Å²) in [5.41, 5.74) is 0. The van der Waals surface area contributed by atoms with Crippen LogP contribution in [0.15, 0.2) is 0 Å². The van der Waals surface area contributed by atoms with Crippen LogP contribution in [0, 0.1) is 0 Å². The van der Waals surface area contributed by atoms with Gasteiger partial charge in [0.25, 0.3) is 0 Å². The zero-order valence-electron chi connectivity index (χ0n) is 1.76. The van der Waals surface area contributed by atoms with Crippen LogP contribution in [-0.2, 0) is 48.1 Å². The van der Waals surface area contributed by atoms with Gasteiger partial charge in [-0.15, -0.1) is 0 Å². The quantitative estimate of drug-likeness (QED) is 0.473. The first-order valence-electron chi connectivity index (χ1n) is 0.408. The molecule has 0 rings (SSSR count). The van der Waals surface area contributed by atoms with Crippen LogP contribution in [0.25, 0.3) is 0 Å². The van der Waals surface area contributed by atoms with E-state index in [2.05, 4.69) is 0 Å². The Morgan fingerprint density at radius 1 is 1.25 bits per heavy atom. The summed E-state index contributed by atoms with van der Waals surface area (Å²) in [6.07, 6.45) is 0. The molecule has 0 aromatic rings. The second kappa shape index (κ2) is 8.96. The molecule has 0 aliphatic heterocycles. The van der Waals surface area contributed by atoms with Gasteiger partial charge in [0.05, 0.1) is 0 Å². The standard InChI is InChI=1S/Nb.2O.Ti. The molecule has 0 bridgehead atoms. The molecule has 0 aromatic heterocycles. The Bertz CT molecular complexity index is 27.0. The summed E-state index contributed by atoms with van der Waals surface area (Å²) < 4.78 is 17.0. The van der Waals surface area contributed by atoms with Gasteiger partial charge < -0.3 is 0 Å². The van der Waals surface area contributed by atoms with Gasteiger partial charge in [-0.25, -0.2) is 0 Å². The van der Waals surface area contributed by atoms with Gasteiger partial charge in [-0.2, -0.15) is 0 Å². The van der Waals surface area contributed by atoms with E-state index in [1.807, 2.05) is 0 Å². The molecule has 0 amide bonds. The van der Waals surface area contributed by atoms with Crippen molar-refractivity contribution in [2.24, 2.45) is 0 Å². The van der Waals surface area contributed by atoms with Crippen molar-refractivity contribution in [2.75, 3.05) is 0 Å². The van der Waals surface area contributed by atoms with Crippen molar-refractivity contribution in [3.63, 3.8) is 0 Å². The molecular weight excluding hydrogens is 173 g/mol. The number of hydrogen-bond acceptors (Lipinski definition) is 2. The van der Waals surface area contributed by atoms with Gasteiger partial charge in [-0.1, -0.05) is 0 Å². The predicted molar refractivity (Wildman–Crippen MR) is 1.37 cm³/mol. The van der Waals surface area contributed by atoms with E-state index in [1.54, 1.807) is 0 Å². The van der Waals surface area contributed by atoms with Crippen molar-refractivity contribution in [1.82, 2.24) is 0 Å². The van der Waals surface area contributed by atoms with Crippen LogP contribution in [0.5, 0.6) is 0 Å². The Hall–Kier alpha value is 1.05. The van der Waals surface area contributed by atoms with Crippen molar-refractivity contribution >= 4 is 0 Å². The van der Waals surface area contributed by atoms with Gasteiger partial charge in [0, 0.05) is 22.4 Å². The third-order valence-electron chi connectivity index (χ3n) is 0. The molecule has 0 aromatic carbocycles. The summed E-state index contributed by atoms with van der Waals surface area (Å²) in [7, 11) is 0. The summed E-state index contributed by atoms with van der Waals surface area (Å²) in [5, 5.41) is 0. The topological polar surface area (TPSA) is 34.1 Å². The van der Waals surface area contributed by atoms with E-state index in [0.717, 1.165) is 0 Å². The predicted octanol–water partition coefficient (Wildman–Crippen LogP) is -0.243. The number of rotatable bonds is 0. The average molecular weight is 173 g/mol. The summed E-state index contributed by atoms with van der Waals surface area (Å²) in [4.78, 5) is 0. The normalized spacial score (nSPS) is 2.00. The molecule has 4 heavy (non-hydrogen) atoms. The van der Waals surface area contributed by atoms with Crippen molar-refractivity contribution < 1.29 is 48.1 Å². The fraction of sp³-hybridized carbons (Fsp3) is 0. The van der Waals surface area contributed by atoms with Gasteiger partial charge in [-0.3, -0.25) is 0 Å². The molecule has 4 heteroatoms. The van der Waals surface area contributed by atoms with Crippen LogP contribution in [0.3, 0.4) is 0 Å². The first-order valence-corrected chi connectivity index (χ1v) is 1.68. The maximum absolute atomic E-state index is 8.50. The molecule has 0 heterocycles. The summed E-state index contributed by atoms with van der Waals surface area (Å²) >= 11 is -2.00. The van der Waals surface area contributed by atoms with Crippen LogP contribution in [-0.4, -0.2) is 0 Å². The average Bonchev–Trinajstić information content (AvgIpc) is 0.918.